The largest absolute Gasteiger partial charge is 0.295 e. The van der Waals surface area contributed by atoms with Crippen molar-refractivity contribution in [1.29, 1.82) is 0 Å². The molecule has 0 amide bonds. The van der Waals surface area contributed by atoms with Crippen molar-refractivity contribution in [3.8, 4) is 11.1 Å². The Kier molecular flexibility index (Phi) is 4.21. The van der Waals surface area contributed by atoms with E-state index >= 15 is 0 Å². The quantitative estimate of drug-likeness (QED) is 0.640. The second-order valence-corrected chi connectivity index (χ2v) is 5.42. The van der Waals surface area contributed by atoms with E-state index in [1.54, 1.807) is 36.4 Å². The number of nitrogens with zero attached hydrogens (tertiary/aromatic N) is 2. The molecule has 104 valence electrons. The molecule has 0 unspecified atom stereocenters. The lowest BCUT2D eigenvalue weighted by atomic mass is 10.1. The molecule has 0 radical (unpaired) electrons. The van der Waals surface area contributed by atoms with Crippen molar-refractivity contribution >= 4 is 27.9 Å². The Balaban J connectivity index is 2.87. The van der Waals surface area contributed by atoms with E-state index < -0.39 is 10.0 Å². The summed E-state index contributed by atoms with van der Waals surface area (Å²) in [6.45, 7) is 0. The van der Waals surface area contributed by atoms with Gasteiger partial charge in [0.05, 0.1) is 5.69 Å². The van der Waals surface area contributed by atoms with Crippen molar-refractivity contribution in [2.75, 3.05) is 0 Å². The van der Waals surface area contributed by atoms with Gasteiger partial charge < -0.3 is 0 Å². The van der Waals surface area contributed by atoms with Gasteiger partial charge in [-0.3, -0.25) is 0 Å². The van der Waals surface area contributed by atoms with Crippen LogP contribution in [0.2, 0.25) is 0 Å². The fourth-order valence-electron chi connectivity index (χ4n) is 1.87. The minimum absolute atomic E-state index is 0.134. The van der Waals surface area contributed by atoms with Gasteiger partial charge in [-0.1, -0.05) is 46.9 Å². The highest BCUT2D eigenvalue weighted by Gasteiger charge is 2.23. The number of hydrogen-bond donors (Lipinski definition) is 0. The van der Waals surface area contributed by atoms with E-state index in [2.05, 4.69) is 9.39 Å². The van der Waals surface area contributed by atoms with Gasteiger partial charge in [0.25, 0.3) is 16.1 Å². The van der Waals surface area contributed by atoms with Crippen LogP contribution in [0.1, 0.15) is 0 Å². The SMILES string of the molecule is O=C=Nc1cccc(-c2ccccc2)c1S(=O)(=O)N=C=O. The van der Waals surface area contributed by atoms with Crippen LogP contribution in [0.3, 0.4) is 0 Å². The highest BCUT2D eigenvalue weighted by molar-refractivity contribution is 7.90. The van der Waals surface area contributed by atoms with Crippen LogP contribution in [-0.2, 0) is 19.6 Å². The first-order valence-electron chi connectivity index (χ1n) is 5.70. The summed E-state index contributed by atoms with van der Waals surface area (Å²) >= 11 is 0. The summed E-state index contributed by atoms with van der Waals surface area (Å²) in [7, 11) is -4.31. The predicted molar refractivity (Wildman–Crippen MR) is 75.0 cm³/mol. The fourth-order valence-corrected chi connectivity index (χ4v) is 2.90. The molecule has 2 rings (SSSR count). The molecule has 2 aromatic rings. The van der Waals surface area contributed by atoms with Gasteiger partial charge in [0.2, 0.25) is 6.08 Å². The number of aliphatic imine (C=N–C) groups is 1. The first-order valence-corrected chi connectivity index (χ1v) is 7.14. The van der Waals surface area contributed by atoms with E-state index in [-0.39, 0.29) is 16.1 Å². The second-order valence-electron chi connectivity index (χ2n) is 3.88. The maximum Gasteiger partial charge on any atom is 0.295 e. The molecule has 0 spiro atoms. The number of hydrogen-bond acceptors (Lipinski definition) is 5. The van der Waals surface area contributed by atoms with E-state index in [1.807, 2.05) is 0 Å². The smallest absolute Gasteiger partial charge is 0.211 e. The average Bonchev–Trinajstić information content (AvgIpc) is 2.48. The Bertz CT molecular complexity index is 863. The lowest BCUT2D eigenvalue weighted by molar-refractivity contribution is 0.563. The number of sulfonamides is 1. The maximum atomic E-state index is 12.1. The van der Waals surface area contributed by atoms with Crippen LogP contribution in [0.15, 0.2) is 62.8 Å². The molecule has 2 aromatic carbocycles. The Morgan fingerprint density at radius 2 is 1.57 bits per heavy atom. The summed E-state index contributed by atoms with van der Waals surface area (Å²) in [6.07, 6.45) is 2.29. The molecular weight excluding hydrogens is 292 g/mol. The van der Waals surface area contributed by atoms with Crippen molar-refractivity contribution in [2.45, 2.75) is 4.90 Å². The van der Waals surface area contributed by atoms with Gasteiger partial charge in [0.1, 0.15) is 4.90 Å². The molecule has 0 aromatic heterocycles. The second kappa shape index (κ2) is 6.07. The molecule has 0 saturated heterocycles. The predicted octanol–water partition coefficient (Wildman–Crippen LogP) is 2.35. The number of benzene rings is 2. The van der Waals surface area contributed by atoms with Crippen LogP contribution < -0.4 is 0 Å². The maximum absolute atomic E-state index is 12.1. The van der Waals surface area contributed by atoms with Crippen molar-refractivity contribution in [2.24, 2.45) is 9.39 Å². The number of isocyanates is 2. The summed E-state index contributed by atoms with van der Waals surface area (Å²) in [5.74, 6) is 0. The minimum atomic E-state index is -4.31. The van der Waals surface area contributed by atoms with Crippen molar-refractivity contribution in [3.63, 3.8) is 0 Å². The van der Waals surface area contributed by atoms with Gasteiger partial charge in [-0.15, -0.1) is 0 Å². The summed E-state index contributed by atoms with van der Waals surface area (Å²) in [5.41, 5.74) is 0.733. The van der Waals surface area contributed by atoms with Gasteiger partial charge in [-0.25, -0.2) is 9.59 Å². The molecule has 0 atom stereocenters. The lowest BCUT2D eigenvalue weighted by Crippen LogP contribution is -2.00. The molecule has 0 bridgehead atoms. The zero-order chi connectivity index (χ0) is 15.3. The van der Waals surface area contributed by atoms with E-state index in [1.165, 1.54) is 18.2 Å². The Morgan fingerprint density at radius 1 is 0.857 bits per heavy atom. The van der Waals surface area contributed by atoms with Gasteiger partial charge in [0.15, 0.2) is 0 Å². The van der Waals surface area contributed by atoms with Crippen molar-refractivity contribution in [1.82, 2.24) is 0 Å². The summed E-state index contributed by atoms with van der Waals surface area (Å²) in [5, 5.41) is 0. The normalized spacial score (nSPS) is 10.3. The van der Waals surface area contributed by atoms with E-state index in [9.17, 15) is 18.0 Å². The molecule has 0 aliphatic rings. The first-order chi connectivity index (χ1) is 10.1. The molecule has 7 heteroatoms. The molecular formula is C14H8N2O4S. The Labute approximate surface area is 120 Å². The van der Waals surface area contributed by atoms with Gasteiger partial charge >= 0.3 is 0 Å². The topological polar surface area (TPSA) is 93.0 Å². The van der Waals surface area contributed by atoms with Crippen LogP contribution >= 0.6 is 0 Å². The van der Waals surface area contributed by atoms with Crippen LogP contribution in [0, 0.1) is 0 Å². The zero-order valence-electron chi connectivity index (χ0n) is 10.6. The molecule has 0 aliphatic heterocycles. The minimum Gasteiger partial charge on any atom is -0.211 e. The third-order valence-corrected chi connectivity index (χ3v) is 3.92. The van der Waals surface area contributed by atoms with Gasteiger partial charge in [0, 0.05) is 5.56 Å². The van der Waals surface area contributed by atoms with Crippen LogP contribution in [0.4, 0.5) is 5.69 Å². The van der Waals surface area contributed by atoms with Crippen LogP contribution in [0.5, 0.6) is 0 Å². The van der Waals surface area contributed by atoms with E-state index in [0.717, 1.165) is 6.08 Å². The number of carbonyl (C=O) groups excluding carboxylic acids is 2. The van der Waals surface area contributed by atoms with E-state index in [4.69, 9.17) is 0 Å². The Hall–Kier alpha value is -2.85. The first kappa shape index (κ1) is 14.6. The summed E-state index contributed by atoms with van der Waals surface area (Å²) in [6, 6.07) is 13.0. The van der Waals surface area contributed by atoms with Crippen LogP contribution in [0.25, 0.3) is 11.1 Å². The third-order valence-electron chi connectivity index (χ3n) is 2.66. The lowest BCUT2D eigenvalue weighted by Gasteiger charge is -2.09. The average molecular weight is 300 g/mol. The molecule has 6 nitrogen and oxygen atoms in total. The molecule has 0 N–H and O–H groups in total. The number of rotatable bonds is 4. The van der Waals surface area contributed by atoms with E-state index in [0.29, 0.717) is 5.56 Å². The zero-order valence-corrected chi connectivity index (χ0v) is 11.4. The standard InChI is InChI=1S/C14H8N2O4S/c17-9-15-13-8-4-7-12(11-5-2-1-3-6-11)14(13)21(19,20)16-10-18/h1-8H. The van der Waals surface area contributed by atoms with Gasteiger partial charge in [-0.2, -0.15) is 13.4 Å². The van der Waals surface area contributed by atoms with Gasteiger partial charge in [-0.05, 0) is 11.6 Å². The highest BCUT2D eigenvalue weighted by Crippen LogP contribution is 2.35. The molecule has 0 heterocycles. The third kappa shape index (κ3) is 3.01. The van der Waals surface area contributed by atoms with Crippen molar-refractivity contribution < 1.29 is 18.0 Å². The summed E-state index contributed by atoms with van der Waals surface area (Å²) < 4.78 is 27.0. The molecule has 21 heavy (non-hydrogen) atoms. The molecule has 0 aliphatic carbocycles. The fraction of sp³-hybridized carbons (Fsp3) is 0. The monoisotopic (exact) mass is 300 g/mol. The molecule has 0 fully saturated rings. The Morgan fingerprint density at radius 3 is 2.19 bits per heavy atom. The summed E-state index contributed by atoms with van der Waals surface area (Å²) in [4.78, 5) is 23.8. The molecule has 0 saturated carbocycles. The van der Waals surface area contributed by atoms with Crippen molar-refractivity contribution in [3.05, 3.63) is 48.5 Å². The van der Waals surface area contributed by atoms with Crippen LogP contribution in [-0.4, -0.2) is 20.6 Å². The highest BCUT2D eigenvalue weighted by atomic mass is 32.2.